The van der Waals surface area contributed by atoms with Crippen LogP contribution in [0.3, 0.4) is 0 Å². The molecule has 0 saturated carbocycles. The van der Waals surface area contributed by atoms with Crippen LogP contribution in [0.1, 0.15) is 0 Å². The molecule has 1 atom stereocenters. The van der Waals surface area contributed by atoms with Crippen LogP contribution in [0.15, 0.2) is 12.2 Å². The molecule has 0 fully saturated rings. The second kappa shape index (κ2) is 3.50. The van der Waals surface area contributed by atoms with Crippen molar-refractivity contribution in [1.29, 1.82) is 0 Å². The van der Waals surface area contributed by atoms with Crippen molar-refractivity contribution in [2.45, 2.75) is 6.04 Å². The Balaban J connectivity index is 2.25. The van der Waals surface area contributed by atoms with Gasteiger partial charge in [0.25, 0.3) is 0 Å². The summed E-state index contributed by atoms with van der Waals surface area (Å²) in [6.45, 7) is 2.07. The van der Waals surface area contributed by atoms with Gasteiger partial charge in [0.15, 0.2) is 0 Å². The molecule has 11 heavy (non-hydrogen) atoms. The summed E-state index contributed by atoms with van der Waals surface area (Å²) in [5, 5.41) is 8.47. The predicted molar refractivity (Wildman–Crippen MR) is 41.2 cm³/mol. The molecule has 1 rings (SSSR count). The Morgan fingerprint density at radius 2 is 2.18 bits per heavy atom. The lowest BCUT2D eigenvalue weighted by Gasteiger charge is -2.16. The van der Waals surface area contributed by atoms with Gasteiger partial charge in [-0.15, -0.1) is 0 Å². The topological polar surface area (TPSA) is 66.6 Å². The lowest BCUT2D eigenvalue weighted by atomic mass is 10.3. The Morgan fingerprint density at radius 3 is 2.64 bits per heavy atom. The zero-order chi connectivity index (χ0) is 8.27. The smallest absolute Gasteiger partial charge is 0.321 e. The number of aliphatic carboxylic acids is 1. The predicted octanol–water partition coefficient (Wildman–Crippen LogP) is -0.730. The number of nitrogens with zero attached hydrogens (tertiary/aromatic N) is 1. The summed E-state index contributed by atoms with van der Waals surface area (Å²) in [7, 11) is 0. The zero-order valence-electron chi connectivity index (χ0n) is 6.23. The number of rotatable bonds is 3. The van der Waals surface area contributed by atoms with Crippen LogP contribution in [0.4, 0.5) is 0 Å². The first-order valence-electron chi connectivity index (χ1n) is 3.56. The van der Waals surface area contributed by atoms with Gasteiger partial charge in [-0.2, -0.15) is 0 Å². The molecule has 0 radical (unpaired) electrons. The van der Waals surface area contributed by atoms with Gasteiger partial charge in [-0.05, 0) is 0 Å². The molecule has 0 aromatic heterocycles. The third kappa shape index (κ3) is 2.32. The van der Waals surface area contributed by atoms with Crippen molar-refractivity contribution in [3.05, 3.63) is 12.2 Å². The molecule has 3 N–H and O–H groups in total. The first kappa shape index (κ1) is 8.23. The molecular weight excluding hydrogens is 144 g/mol. The average molecular weight is 156 g/mol. The first-order chi connectivity index (χ1) is 5.20. The molecule has 1 heterocycles. The van der Waals surface area contributed by atoms with Crippen molar-refractivity contribution in [2.75, 3.05) is 19.6 Å². The van der Waals surface area contributed by atoms with E-state index >= 15 is 0 Å². The van der Waals surface area contributed by atoms with Crippen molar-refractivity contribution in [3.8, 4) is 0 Å². The maximum absolute atomic E-state index is 10.3. The zero-order valence-corrected chi connectivity index (χ0v) is 6.23. The highest BCUT2D eigenvalue weighted by Gasteiger charge is 2.16. The minimum atomic E-state index is -0.933. The van der Waals surface area contributed by atoms with Gasteiger partial charge < -0.3 is 10.8 Å². The van der Waals surface area contributed by atoms with E-state index in [4.69, 9.17) is 10.8 Å². The van der Waals surface area contributed by atoms with Crippen LogP contribution in [-0.4, -0.2) is 41.7 Å². The van der Waals surface area contributed by atoms with E-state index in [9.17, 15) is 4.79 Å². The van der Waals surface area contributed by atoms with E-state index < -0.39 is 12.0 Å². The number of carboxylic acid groups (broad SMARTS) is 1. The fourth-order valence-electron chi connectivity index (χ4n) is 1.03. The summed E-state index contributed by atoms with van der Waals surface area (Å²) >= 11 is 0. The SMILES string of the molecule is NC(CN1CC=CC1)C(=O)O. The van der Waals surface area contributed by atoms with Gasteiger partial charge in [-0.1, -0.05) is 12.2 Å². The minimum absolute atomic E-state index is 0.433. The summed E-state index contributed by atoms with van der Waals surface area (Å²) in [5.74, 6) is -0.933. The number of nitrogens with two attached hydrogens (primary N) is 1. The molecular formula is C7H12N2O2. The number of hydrogen-bond donors (Lipinski definition) is 2. The van der Waals surface area contributed by atoms with Crippen molar-refractivity contribution in [3.63, 3.8) is 0 Å². The van der Waals surface area contributed by atoms with Gasteiger partial charge >= 0.3 is 5.97 Å². The fraction of sp³-hybridized carbons (Fsp3) is 0.571. The molecule has 1 unspecified atom stereocenters. The standard InChI is InChI=1S/C7H12N2O2/c8-6(7(10)11)5-9-3-1-2-4-9/h1-2,6H,3-5,8H2,(H,10,11). The highest BCUT2D eigenvalue weighted by molar-refractivity contribution is 5.73. The van der Waals surface area contributed by atoms with Crippen LogP contribution in [0.2, 0.25) is 0 Å². The summed E-state index contributed by atoms with van der Waals surface area (Å²) in [4.78, 5) is 12.3. The number of carbonyl (C=O) groups is 1. The molecule has 0 spiro atoms. The van der Waals surface area contributed by atoms with Crippen LogP contribution >= 0.6 is 0 Å². The second-order valence-corrected chi connectivity index (χ2v) is 2.63. The number of hydrogen-bond acceptors (Lipinski definition) is 3. The van der Waals surface area contributed by atoms with E-state index in [-0.39, 0.29) is 0 Å². The summed E-state index contributed by atoms with van der Waals surface area (Å²) in [5.41, 5.74) is 5.33. The Bertz CT molecular complexity index is 171. The van der Waals surface area contributed by atoms with E-state index in [1.807, 2.05) is 17.1 Å². The van der Waals surface area contributed by atoms with E-state index in [2.05, 4.69) is 0 Å². The summed E-state index contributed by atoms with van der Waals surface area (Å²) < 4.78 is 0. The van der Waals surface area contributed by atoms with Crippen LogP contribution in [-0.2, 0) is 4.79 Å². The van der Waals surface area contributed by atoms with Crippen molar-refractivity contribution in [2.24, 2.45) is 5.73 Å². The summed E-state index contributed by atoms with van der Waals surface area (Å²) in [6.07, 6.45) is 4.02. The van der Waals surface area contributed by atoms with E-state index in [1.54, 1.807) is 0 Å². The highest BCUT2D eigenvalue weighted by Crippen LogP contribution is 1.98. The molecule has 4 nitrogen and oxygen atoms in total. The van der Waals surface area contributed by atoms with E-state index in [0.29, 0.717) is 6.54 Å². The van der Waals surface area contributed by atoms with E-state index in [1.165, 1.54) is 0 Å². The maximum Gasteiger partial charge on any atom is 0.321 e. The fourth-order valence-corrected chi connectivity index (χ4v) is 1.03. The van der Waals surface area contributed by atoms with Crippen LogP contribution in [0.5, 0.6) is 0 Å². The molecule has 0 bridgehead atoms. The lowest BCUT2D eigenvalue weighted by Crippen LogP contribution is -2.41. The molecule has 0 saturated heterocycles. The van der Waals surface area contributed by atoms with Gasteiger partial charge in [0.2, 0.25) is 0 Å². The Morgan fingerprint density at radius 1 is 1.64 bits per heavy atom. The molecule has 0 aromatic rings. The molecule has 0 aromatic carbocycles. The molecule has 62 valence electrons. The average Bonchev–Trinajstić information content (AvgIpc) is 2.39. The Kier molecular flexibility index (Phi) is 2.62. The molecule has 1 aliphatic rings. The number of carboxylic acids is 1. The summed E-state index contributed by atoms with van der Waals surface area (Å²) in [6, 6.07) is -0.755. The second-order valence-electron chi connectivity index (χ2n) is 2.63. The van der Waals surface area contributed by atoms with Crippen molar-refractivity contribution < 1.29 is 9.90 Å². The molecule has 0 aliphatic carbocycles. The minimum Gasteiger partial charge on any atom is -0.480 e. The van der Waals surface area contributed by atoms with E-state index in [0.717, 1.165) is 13.1 Å². The third-order valence-corrected chi connectivity index (χ3v) is 1.67. The van der Waals surface area contributed by atoms with Crippen LogP contribution in [0.25, 0.3) is 0 Å². The van der Waals surface area contributed by atoms with Gasteiger partial charge in [-0.25, -0.2) is 0 Å². The van der Waals surface area contributed by atoms with Gasteiger partial charge in [0.05, 0.1) is 0 Å². The molecule has 1 aliphatic heterocycles. The van der Waals surface area contributed by atoms with Crippen LogP contribution < -0.4 is 5.73 Å². The Hall–Kier alpha value is -0.870. The molecule has 4 heteroatoms. The Labute approximate surface area is 65.3 Å². The maximum atomic E-state index is 10.3. The van der Waals surface area contributed by atoms with Gasteiger partial charge in [0.1, 0.15) is 6.04 Å². The van der Waals surface area contributed by atoms with Gasteiger partial charge in [0, 0.05) is 19.6 Å². The van der Waals surface area contributed by atoms with Crippen LogP contribution in [0, 0.1) is 0 Å². The third-order valence-electron chi connectivity index (χ3n) is 1.67. The monoisotopic (exact) mass is 156 g/mol. The van der Waals surface area contributed by atoms with Gasteiger partial charge in [-0.3, -0.25) is 9.69 Å². The van der Waals surface area contributed by atoms with Crippen molar-refractivity contribution >= 4 is 5.97 Å². The quantitative estimate of drug-likeness (QED) is 0.529. The highest BCUT2D eigenvalue weighted by atomic mass is 16.4. The largest absolute Gasteiger partial charge is 0.480 e. The first-order valence-corrected chi connectivity index (χ1v) is 3.56. The normalized spacial score (nSPS) is 20.5. The molecule has 0 amide bonds. The lowest BCUT2D eigenvalue weighted by molar-refractivity contribution is -0.138. The van der Waals surface area contributed by atoms with Crippen molar-refractivity contribution in [1.82, 2.24) is 4.90 Å².